The van der Waals surface area contributed by atoms with Crippen LogP contribution >= 0.6 is 0 Å². The molecule has 0 aromatic heterocycles. The average Bonchev–Trinajstić information content (AvgIpc) is 2.39. The number of carbonyl (C=O) groups excluding carboxylic acids is 1. The van der Waals surface area contributed by atoms with Gasteiger partial charge in [0.25, 0.3) is 0 Å². The minimum absolute atomic E-state index is 0.345. The molecule has 0 saturated carbocycles. The lowest BCUT2D eigenvalue weighted by Crippen LogP contribution is -2.31. The van der Waals surface area contributed by atoms with Gasteiger partial charge in [0.1, 0.15) is 5.60 Å². The minimum Gasteiger partial charge on any atom is -0.444 e. The fourth-order valence-corrected chi connectivity index (χ4v) is 1.95. The number of hydrogen-bond acceptors (Lipinski definition) is 4. The second kappa shape index (κ2) is 8.76. The van der Waals surface area contributed by atoms with Gasteiger partial charge in [0, 0.05) is 18.8 Å². The Kier molecular flexibility index (Phi) is 7.35. The largest absolute Gasteiger partial charge is 0.444 e. The van der Waals surface area contributed by atoms with Crippen LogP contribution in [0.4, 0.5) is 10.5 Å². The first kappa shape index (κ1) is 18.5. The maximum atomic E-state index is 11.7. The third-order valence-corrected chi connectivity index (χ3v) is 2.92. The minimum atomic E-state index is -0.491. The second-order valence-corrected chi connectivity index (χ2v) is 6.38. The normalized spacial score (nSPS) is 12.8. The van der Waals surface area contributed by atoms with Gasteiger partial charge in [-0.15, -0.1) is 0 Å². The maximum Gasteiger partial charge on any atom is 0.412 e. The molecule has 0 bridgehead atoms. The topological polar surface area (TPSA) is 59.6 Å². The first-order chi connectivity index (χ1) is 10.3. The Bertz CT molecular complexity index is 452. The first-order valence-corrected chi connectivity index (χ1v) is 7.61. The van der Waals surface area contributed by atoms with Gasteiger partial charge in [0.15, 0.2) is 0 Å². The Morgan fingerprint density at radius 3 is 2.41 bits per heavy atom. The molecule has 0 saturated heterocycles. The van der Waals surface area contributed by atoms with E-state index in [1.165, 1.54) is 5.56 Å². The number of methoxy groups -OCH3 is 1. The predicted octanol–water partition coefficient (Wildman–Crippen LogP) is 3.20. The van der Waals surface area contributed by atoms with E-state index in [9.17, 15) is 4.79 Å². The molecule has 0 spiro atoms. The molecule has 0 aliphatic carbocycles. The number of nitrogens with one attached hydrogen (secondary N) is 2. The zero-order valence-electron chi connectivity index (χ0n) is 14.2. The summed E-state index contributed by atoms with van der Waals surface area (Å²) in [5.74, 6) is 0. The van der Waals surface area contributed by atoms with E-state index in [2.05, 4.69) is 17.6 Å². The lowest BCUT2D eigenvalue weighted by molar-refractivity contribution is 0.0636. The third kappa shape index (κ3) is 8.00. The summed E-state index contributed by atoms with van der Waals surface area (Å²) in [6.07, 6.45) is 0.496. The Labute approximate surface area is 133 Å². The molecule has 124 valence electrons. The summed E-state index contributed by atoms with van der Waals surface area (Å²) in [6, 6.07) is 8.14. The van der Waals surface area contributed by atoms with Crippen molar-refractivity contribution < 1.29 is 14.3 Å². The van der Waals surface area contributed by atoms with Crippen molar-refractivity contribution in [1.29, 1.82) is 0 Å². The summed E-state index contributed by atoms with van der Waals surface area (Å²) in [5.41, 5.74) is 1.46. The fraction of sp³-hybridized carbons (Fsp3) is 0.588. The monoisotopic (exact) mass is 308 g/mol. The SMILES string of the molecule is COCC(C)NCCc1ccc(NC(=O)OC(C)(C)C)cc1. The van der Waals surface area contributed by atoms with Crippen molar-refractivity contribution in [2.45, 2.75) is 45.8 Å². The zero-order valence-corrected chi connectivity index (χ0v) is 14.2. The van der Waals surface area contributed by atoms with E-state index in [1.54, 1.807) is 7.11 Å². The van der Waals surface area contributed by atoms with Crippen LogP contribution in [0.15, 0.2) is 24.3 Å². The molecule has 1 amide bonds. The fourth-order valence-electron chi connectivity index (χ4n) is 1.95. The molecule has 1 atom stereocenters. The van der Waals surface area contributed by atoms with E-state index in [0.29, 0.717) is 12.6 Å². The molecule has 0 heterocycles. The van der Waals surface area contributed by atoms with E-state index in [-0.39, 0.29) is 0 Å². The molecule has 0 aliphatic rings. The van der Waals surface area contributed by atoms with Crippen LogP contribution in [0, 0.1) is 0 Å². The molecule has 1 rings (SSSR count). The Morgan fingerprint density at radius 1 is 1.23 bits per heavy atom. The van der Waals surface area contributed by atoms with Crippen molar-refractivity contribution in [3.8, 4) is 0 Å². The summed E-state index contributed by atoms with van der Waals surface area (Å²) in [7, 11) is 1.70. The van der Waals surface area contributed by atoms with Crippen LogP contribution in [-0.2, 0) is 15.9 Å². The van der Waals surface area contributed by atoms with Gasteiger partial charge in [-0.3, -0.25) is 5.32 Å². The van der Waals surface area contributed by atoms with Crippen LogP contribution in [0.3, 0.4) is 0 Å². The van der Waals surface area contributed by atoms with Gasteiger partial charge in [-0.05, 0) is 58.4 Å². The van der Waals surface area contributed by atoms with Gasteiger partial charge in [0.05, 0.1) is 6.61 Å². The van der Waals surface area contributed by atoms with Gasteiger partial charge in [-0.25, -0.2) is 4.79 Å². The van der Waals surface area contributed by atoms with Crippen molar-refractivity contribution in [2.24, 2.45) is 0 Å². The molecular formula is C17H28N2O3. The molecule has 1 unspecified atom stereocenters. The van der Waals surface area contributed by atoms with Crippen molar-refractivity contribution in [1.82, 2.24) is 5.32 Å². The Balaban J connectivity index is 2.38. The lowest BCUT2D eigenvalue weighted by atomic mass is 10.1. The third-order valence-electron chi connectivity index (χ3n) is 2.92. The number of ether oxygens (including phenoxy) is 2. The van der Waals surface area contributed by atoms with Gasteiger partial charge < -0.3 is 14.8 Å². The van der Waals surface area contributed by atoms with Gasteiger partial charge >= 0.3 is 6.09 Å². The lowest BCUT2D eigenvalue weighted by Gasteiger charge is -2.19. The van der Waals surface area contributed by atoms with E-state index >= 15 is 0 Å². The molecule has 0 radical (unpaired) electrons. The molecule has 5 nitrogen and oxygen atoms in total. The van der Waals surface area contributed by atoms with Crippen LogP contribution in [0.5, 0.6) is 0 Å². The van der Waals surface area contributed by atoms with E-state index in [1.807, 2.05) is 45.0 Å². The number of carbonyl (C=O) groups is 1. The molecule has 0 aliphatic heterocycles. The van der Waals surface area contributed by atoms with Crippen LogP contribution < -0.4 is 10.6 Å². The molecule has 2 N–H and O–H groups in total. The predicted molar refractivity (Wildman–Crippen MR) is 89.3 cm³/mol. The summed E-state index contributed by atoms with van der Waals surface area (Å²) < 4.78 is 10.3. The van der Waals surface area contributed by atoms with Crippen molar-refractivity contribution >= 4 is 11.8 Å². The summed E-state index contributed by atoms with van der Waals surface area (Å²) >= 11 is 0. The summed E-state index contributed by atoms with van der Waals surface area (Å²) in [5, 5.41) is 6.11. The van der Waals surface area contributed by atoms with Crippen LogP contribution in [-0.4, -0.2) is 38.0 Å². The highest BCUT2D eigenvalue weighted by Gasteiger charge is 2.15. The van der Waals surface area contributed by atoms with Crippen LogP contribution in [0.2, 0.25) is 0 Å². The number of benzene rings is 1. The van der Waals surface area contributed by atoms with Gasteiger partial charge in [-0.1, -0.05) is 12.1 Å². The van der Waals surface area contributed by atoms with Crippen LogP contribution in [0.1, 0.15) is 33.3 Å². The van der Waals surface area contributed by atoms with E-state index < -0.39 is 11.7 Å². The Hall–Kier alpha value is -1.59. The number of amides is 1. The molecule has 22 heavy (non-hydrogen) atoms. The molecule has 0 fully saturated rings. The standard InChI is InChI=1S/C17H28N2O3/c1-13(12-21-5)18-11-10-14-6-8-15(9-7-14)19-16(20)22-17(2,3)4/h6-9,13,18H,10-12H2,1-5H3,(H,19,20). The highest BCUT2D eigenvalue weighted by molar-refractivity contribution is 5.84. The quantitative estimate of drug-likeness (QED) is 0.812. The highest BCUT2D eigenvalue weighted by atomic mass is 16.6. The smallest absolute Gasteiger partial charge is 0.412 e. The number of anilines is 1. The molecule has 1 aromatic carbocycles. The van der Waals surface area contributed by atoms with Crippen molar-refractivity contribution in [2.75, 3.05) is 25.6 Å². The van der Waals surface area contributed by atoms with Crippen LogP contribution in [0.25, 0.3) is 0 Å². The molecular weight excluding hydrogens is 280 g/mol. The number of rotatable bonds is 7. The van der Waals surface area contributed by atoms with Crippen molar-refractivity contribution in [3.63, 3.8) is 0 Å². The van der Waals surface area contributed by atoms with Gasteiger partial charge in [-0.2, -0.15) is 0 Å². The maximum absolute atomic E-state index is 11.7. The average molecular weight is 308 g/mol. The van der Waals surface area contributed by atoms with E-state index in [4.69, 9.17) is 9.47 Å². The molecule has 5 heteroatoms. The molecule has 1 aromatic rings. The van der Waals surface area contributed by atoms with E-state index in [0.717, 1.165) is 18.7 Å². The Morgan fingerprint density at radius 2 is 1.86 bits per heavy atom. The number of hydrogen-bond donors (Lipinski definition) is 2. The van der Waals surface area contributed by atoms with Crippen molar-refractivity contribution in [3.05, 3.63) is 29.8 Å². The zero-order chi connectivity index (χ0) is 16.6. The highest BCUT2D eigenvalue weighted by Crippen LogP contribution is 2.13. The summed E-state index contributed by atoms with van der Waals surface area (Å²) in [6.45, 7) is 9.22. The first-order valence-electron chi connectivity index (χ1n) is 7.61. The van der Waals surface area contributed by atoms with Gasteiger partial charge in [0.2, 0.25) is 0 Å². The summed E-state index contributed by atoms with van der Waals surface area (Å²) in [4.78, 5) is 11.7. The second-order valence-electron chi connectivity index (χ2n) is 6.38.